The molecule has 1 aromatic heterocycles. The lowest BCUT2D eigenvalue weighted by Gasteiger charge is -2.48. The van der Waals surface area contributed by atoms with Gasteiger partial charge < -0.3 is 9.80 Å². The average molecular weight is 427 g/mol. The van der Waals surface area contributed by atoms with Gasteiger partial charge in [-0.1, -0.05) is 36.4 Å². The van der Waals surface area contributed by atoms with E-state index in [4.69, 9.17) is 0 Å². The Morgan fingerprint density at radius 1 is 0.688 bits per heavy atom. The molecule has 0 bridgehead atoms. The van der Waals surface area contributed by atoms with E-state index in [1.807, 2.05) is 82.7 Å². The van der Waals surface area contributed by atoms with E-state index in [2.05, 4.69) is 9.88 Å². The maximum absolute atomic E-state index is 12.8. The molecule has 162 valence electrons. The van der Waals surface area contributed by atoms with Crippen molar-refractivity contribution in [3.8, 4) is 11.1 Å². The first-order valence-electron chi connectivity index (χ1n) is 11.1. The van der Waals surface area contributed by atoms with Crippen LogP contribution in [0, 0.1) is 0 Å². The van der Waals surface area contributed by atoms with Gasteiger partial charge >= 0.3 is 0 Å². The minimum absolute atomic E-state index is 0.0804. The molecular weight excluding hydrogens is 400 g/mol. The molecule has 0 atom stereocenters. The van der Waals surface area contributed by atoms with Gasteiger partial charge in [0.25, 0.3) is 11.8 Å². The number of pyridine rings is 1. The number of nitrogens with zero attached hydrogens (tertiary/aromatic N) is 4. The van der Waals surface area contributed by atoms with Crippen LogP contribution < -0.4 is 0 Å². The van der Waals surface area contributed by atoms with Crippen LogP contribution in [0.15, 0.2) is 79.1 Å². The predicted octanol–water partition coefficient (Wildman–Crippen LogP) is 3.03. The van der Waals surface area contributed by atoms with Crippen molar-refractivity contribution in [2.24, 2.45) is 0 Å². The van der Waals surface area contributed by atoms with Gasteiger partial charge in [-0.25, -0.2) is 0 Å². The first kappa shape index (κ1) is 20.4. The molecule has 2 saturated heterocycles. The minimum Gasteiger partial charge on any atom is -0.336 e. The molecule has 6 nitrogen and oxygen atoms in total. The predicted molar refractivity (Wildman–Crippen MR) is 123 cm³/mol. The molecule has 6 heteroatoms. The van der Waals surface area contributed by atoms with Crippen molar-refractivity contribution < 1.29 is 9.59 Å². The number of hydrogen-bond acceptors (Lipinski definition) is 4. The Kier molecular flexibility index (Phi) is 5.69. The summed E-state index contributed by atoms with van der Waals surface area (Å²) in [5.74, 6) is 0.183. The normalized spacial score (nSPS) is 17.1. The molecule has 0 saturated carbocycles. The molecule has 2 aliphatic rings. The smallest absolute Gasteiger partial charge is 0.253 e. The minimum atomic E-state index is 0.0804. The van der Waals surface area contributed by atoms with Crippen LogP contribution >= 0.6 is 0 Å². The number of benzene rings is 2. The molecule has 0 N–H and O–H groups in total. The molecular formula is C26H26N4O2. The number of hydrogen-bond donors (Lipinski definition) is 0. The van der Waals surface area contributed by atoms with Crippen molar-refractivity contribution in [2.45, 2.75) is 6.04 Å². The number of amides is 2. The maximum Gasteiger partial charge on any atom is 0.253 e. The molecule has 0 unspecified atom stereocenters. The molecule has 0 aliphatic carbocycles. The third-order valence-electron chi connectivity index (χ3n) is 6.41. The number of carbonyl (C=O) groups excluding carboxylic acids is 2. The molecule has 2 fully saturated rings. The van der Waals surface area contributed by atoms with E-state index in [-0.39, 0.29) is 11.8 Å². The second-order valence-corrected chi connectivity index (χ2v) is 8.38. The second-order valence-electron chi connectivity index (χ2n) is 8.38. The van der Waals surface area contributed by atoms with E-state index in [0.717, 1.165) is 61.5 Å². The highest BCUT2D eigenvalue weighted by atomic mass is 16.2. The van der Waals surface area contributed by atoms with Gasteiger partial charge in [0.2, 0.25) is 0 Å². The Morgan fingerprint density at radius 3 is 2.00 bits per heavy atom. The van der Waals surface area contributed by atoms with Gasteiger partial charge in [-0.2, -0.15) is 0 Å². The molecule has 3 heterocycles. The Morgan fingerprint density at radius 2 is 1.34 bits per heavy atom. The summed E-state index contributed by atoms with van der Waals surface area (Å²) in [4.78, 5) is 35.9. The van der Waals surface area contributed by atoms with Crippen LogP contribution in [0.2, 0.25) is 0 Å². The van der Waals surface area contributed by atoms with Crippen LogP contribution in [-0.2, 0) is 0 Å². The zero-order valence-corrected chi connectivity index (χ0v) is 17.9. The van der Waals surface area contributed by atoms with E-state index in [9.17, 15) is 9.59 Å². The van der Waals surface area contributed by atoms with E-state index >= 15 is 0 Å². The van der Waals surface area contributed by atoms with Crippen molar-refractivity contribution in [1.29, 1.82) is 0 Å². The number of likely N-dealkylation sites (tertiary alicyclic amines) is 1. The zero-order valence-electron chi connectivity index (χ0n) is 17.9. The number of rotatable bonds is 4. The van der Waals surface area contributed by atoms with Gasteiger partial charge in [-0.15, -0.1) is 0 Å². The highest BCUT2D eigenvalue weighted by molar-refractivity contribution is 5.95. The van der Waals surface area contributed by atoms with Gasteiger partial charge in [0.1, 0.15) is 0 Å². The van der Waals surface area contributed by atoms with Crippen molar-refractivity contribution in [2.75, 3.05) is 39.3 Å². The highest BCUT2D eigenvalue weighted by Gasteiger charge is 2.36. The Labute approximate surface area is 188 Å². The molecule has 0 radical (unpaired) electrons. The number of aromatic nitrogens is 1. The van der Waals surface area contributed by atoms with Crippen LogP contribution in [0.1, 0.15) is 20.7 Å². The highest BCUT2D eigenvalue weighted by Crippen LogP contribution is 2.23. The maximum atomic E-state index is 12.8. The molecule has 3 aromatic rings. The van der Waals surface area contributed by atoms with Crippen molar-refractivity contribution in [3.05, 3.63) is 90.3 Å². The fourth-order valence-electron chi connectivity index (χ4n) is 4.43. The van der Waals surface area contributed by atoms with Crippen LogP contribution in [-0.4, -0.2) is 76.8 Å². The van der Waals surface area contributed by atoms with E-state index in [0.29, 0.717) is 6.04 Å². The van der Waals surface area contributed by atoms with Crippen LogP contribution in [0.4, 0.5) is 0 Å². The van der Waals surface area contributed by atoms with Gasteiger partial charge in [-0.05, 0) is 41.5 Å². The SMILES string of the molecule is O=C(c1ccccc1)N1CCN(C2CN(C(=O)c3ccc(-c4cccnc4)cc3)C2)CC1. The van der Waals surface area contributed by atoms with E-state index < -0.39 is 0 Å². The molecule has 5 rings (SSSR count). The molecule has 2 aliphatic heterocycles. The summed E-state index contributed by atoms with van der Waals surface area (Å²) in [7, 11) is 0. The molecule has 0 spiro atoms. The molecule has 2 aromatic carbocycles. The quantitative estimate of drug-likeness (QED) is 0.644. The summed E-state index contributed by atoms with van der Waals surface area (Å²) >= 11 is 0. The topological polar surface area (TPSA) is 56.8 Å². The fraction of sp³-hybridized carbons (Fsp3) is 0.269. The Hall–Kier alpha value is -3.51. The van der Waals surface area contributed by atoms with Gasteiger partial charge in [-0.3, -0.25) is 19.5 Å². The van der Waals surface area contributed by atoms with Gasteiger partial charge in [0, 0.05) is 68.8 Å². The summed E-state index contributed by atoms with van der Waals surface area (Å²) in [6.07, 6.45) is 3.58. The summed E-state index contributed by atoms with van der Waals surface area (Å²) in [6.45, 7) is 4.66. The summed E-state index contributed by atoms with van der Waals surface area (Å²) in [5, 5.41) is 0. The van der Waals surface area contributed by atoms with Gasteiger partial charge in [0.05, 0.1) is 0 Å². The number of carbonyl (C=O) groups is 2. The van der Waals surface area contributed by atoms with Crippen LogP contribution in [0.5, 0.6) is 0 Å². The van der Waals surface area contributed by atoms with Crippen molar-refractivity contribution in [3.63, 3.8) is 0 Å². The largest absolute Gasteiger partial charge is 0.336 e. The summed E-state index contributed by atoms with van der Waals surface area (Å²) in [6, 6.07) is 21.5. The monoisotopic (exact) mass is 426 g/mol. The van der Waals surface area contributed by atoms with Crippen LogP contribution in [0.25, 0.3) is 11.1 Å². The third-order valence-corrected chi connectivity index (χ3v) is 6.41. The Bertz CT molecular complexity index is 1070. The molecule has 32 heavy (non-hydrogen) atoms. The average Bonchev–Trinajstić information content (AvgIpc) is 2.84. The van der Waals surface area contributed by atoms with Gasteiger partial charge in [0.15, 0.2) is 0 Å². The van der Waals surface area contributed by atoms with E-state index in [1.165, 1.54) is 0 Å². The first-order valence-corrected chi connectivity index (χ1v) is 11.1. The third kappa shape index (κ3) is 4.14. The van der Waals surface area contributed by atoms with E-state index in [1.54, 1.807) is 6.20 Å². The zero-order chi connectivity index (χ0) is 21.9. The second kappa shape index (κ2) is 8.93. The van der Waals surface area contributed by atoms with Crippen molar-refractivity contribution in [1.82, 2.24) is 19.7 Å². The summed E-state index contributed by atoms with van der Waals surface area (Å²) in [5.41, 5.74) is 3.56. The lowest BCUT2D eigenvalue weighted by molar-refractivity contribution is 0.00854. The Balaban J connectivity index is 1.11. The van der Waals surface area contributed by atoms with Crippen LogP contribution in [0.3, 0.4) is 0 Å². The fourth-order valence-corrected chi connectivity index (χ4v) is 4.43. The standard InChI is InChI=1S/C26H26N4O2/c31-25(21-5-2-1-3-6-21)29-15-13-28(14-16-29)24-18-30(19-24)26(32)22-10-8-20(9-11-22)23-7-4-12-27-17-23/h1-12,17,24H,13-16,18-19H2. The molecule has 2 amide bonds. The lowest BCUT2D eigenvalue weighted by Crippen LogP contribution is -2.64. The first-order chi connectivity index (χ1) is 15.7. The van der Waals surface area contributed by atoms with Crippen molar-refractivity contribution >= 4 is 11.8 Å². The summed E-state index contributed by atoms with van der Waals surface area (Å²) < 4.78 is 0. The number of piperazine rings is 1. The lowest BCUT2D eigenvalue weighted by atomic mass is 10.0.